The lowest BCUT2D eigenvalue weighted by Crippen LogP contribution is -2.51. The van der Waals surface area contributed by atoms with Gasteiger partial charge < -0.3 is 10.2 Å². The van der Waals surface area contributed by atoms with Crippen LogP contribution in [0.2, 0.25) is 5.02 Å². The molecule has 0 spiro atoms. The molecule has 29 heavy (non-hydrogen) atoms. The molecule has 2 aromatic rings. The number of carbonyl (C=O) groups excluding carboxylic acids is 2. The van der Waals surface area contributed by atoms with E-state index in [9.17, 15) is 9.59 Å². The molecule has 1 N–H and O–H groups in total. The van der Waals surface area contributed by atoms with Crippen molar-refractivity contribution in [2.24, 2.45) is 0 Å². The third-order valence-corrected chi connectivity index (χ3v) is 5.96. The minimum absolute atomic E-state index is 0.00832. The fourth-order valence-electron chi connectivity index (χ4n) is 3.20. The van der Waals surface area contributed by atoms with Gasteiger partial charge in [-0.15, -0.1) is 11.3 Å². The monoisotopic (exact) mass is 431 g/mol. The molecule has 1 aliphatic heterocycles. The Morgan fingerprint density at radius 1 is 1.17 bits per heavy atom. The summed E-state index contributed by atoms with van der Waals surface area (Å²) in [6.45, 7) is 6.98. The van der Waals surface area contributed by atoms with Crippen molar-refractivity contribution in [1.29, 1.82) is 0 Å². The number of benzene rings is 1. The van der Waals surface area contributed by atoms with Crippen LogP contribution in [0.4, 0.5) is 0 Å². The van der Waals surface area contributed by atoms with Crippen molar-refractivity contribution in [3.05, 3.63) is 52.4 Å². The molecular formula is C22H26ClN3O2S. The standard InChI is InChI=1S/C22H26ClN3O2S/c1-16(2)24-21(27)15-25-10-12-26(13-11-25)22(28)9-7-19-6-8-20(29-19)17-4-3-5-18(23)14-17/h3-9,14,16H,10-13,15H2,1-2H3,(H,24,27)/b9-7+. The van der Waals surface area contributed by atoms with Crippen molar-refractivity contribution in [3.63, 3.8) is 0 Å². The molecule has 2 heterocycles. The van der Waals surface area contributed by atoms with E-state index in [0.29, 0.717) is 37.7 Å². The Balaban J connectivity index is 1.50. The molecule has 154 valence electrons. The summed E-state index contributed by atoms with van der Waals surface area (Å²) in [5.41, 5.74) is 1.08. The van der Waals surface area contributed by atoms with Crippen LogP contribution in [0.5, 0.6) is 0 Å². The van der Waals surface area contributed by atoms with Crippen LogP contribution in [0.25, 0.3) is 16.5 Å². The lowest BCUT2D eigenvalue weighted by molar-refractivity contribution is -0.128. The average molecular weight is 432 g/mol. The largest absolute Gasteiger partial charge is 0.353 e. The van der Waals surface area contributed by atoms with Gasteiger partial charge in [0.1, 0.15) is 0 Å². The molecule has 1 aromatic carbocycles. The maximum atomic E-state index is 12.5. The quantitative estimate of drug-likeness (QED) is 0.708. The molecule has 0 unspecified atom stereocenters. The first-order chi connectivity index (χ1) is 13.9. The van der Waals surface area contributed by atoms with Gasteiger partial charge in [0.05, 0.1) is 6.54 Å². The number of piperazine rings is 1. The van der Waals surface area contributed by atoms with Crippen LogP contribution in [0.15, 0.2) is 42.5 Å². The summed E-state index contributed by atoms with van der Waals surface area (Å²) in [6.07, 6.45) is 3.50. The first-order valence-corrected chi connectivity index (χ1v) is 10.9. The normalized spacial score (nSPS) is 15.2. The van der Waals surface area contributed by atoms with Gasteiger partial charge in [-0.25, -0.2) is 0 Å². The van der Waals surface area contributed by atoms with Crippen LogP contribution < -0.4 is 5.32 Å². The third kappa shape index (κ3) is 6.42. The predicted molar refractivity (Wildman–Crippen MR) is 120 cm³/mol. The minimum atomic E-state index is 0.00832. The summed E-state index contributed by atoms with van der Waals surface area (Å²) in [4.78, 5) is 30.4. The molecule has 2 amide bonds. The molecular weight excluding hydrogens is 406 g/mol. The summed E-state index contributed by atoms with van der Waals surface area (Å²) in [5, 5.41) is 3.61. The summed E-state index contributed by atoms with van der Waals surface area (Å²) >= 11 is 7.69. The van der Waals surface area contributed by atoms with E-state index in [2.05, 4.69) is 10.2 Å². The van der Waals surface area contributed by atoms with Crippen LogP contribution >= 0.6 is 22.9 Å². The average Bonchev–Trinajstić information content (AvgIpc) is 3.15. The lowest BCUT2D eigenvalue weighted by atomic mass is 10.2. The van der Waals surface area contributed by atoms with Crippen molar-refractivity contribution in [2.75, 3.05) is 32.7 Å². The topological polar surface area (TPSA) is 52.7 Å². The Bertz CT molecular complexity index is 886. The minimum Gasteiger partial charge on any atom is -0.353 e. The van der Waals surface area contributed by atoms with Crippen molar-refractivity contribution in [1.82, 2.24) is 15.1 Å². The number of carbonyl (C=O) groups is 2. The van der Waals surface area contributed by atoms with Gasteiger partial charge in [0, 0.05) is 53.1 Å². The SMILES string of the molecule is CC(C)NC(=O)CN1CCN(C(=O)/C=C/c2ccc(-c3cccc(Cl)c3)s2)CC1. The molecule has 0 atom stereocenters. The van der Waals surface area contributed by atoms with Gasteiger partial charge in [0.25, 0.3) is 0 Å². The molecule has 0 radical (unpaired) electrons. The predicted octanol–water partition coefficient (Wildman–Crippen LogP) is 3.75. The highest BCUT2D eigenvalue weighted by Gasteiger charge is 2.21. The molecule has 0 bridgehead atoms. The van der Waals surface area contributed by atoms with E-state index in [-0.39, 0.29) is 17.9 Å². The summed E-state index contributed by atoms with van der Waals surface area (Å²) in [7, 11) is 0. The number of amides is 2. The number of nitrogens with one attached hydrogen (secondary N) is 1. The zero-order valence-electron chi connectivity index (χ0n) is 16.7. The van der Waals surface area contributed by atoms with Crippen molar-refractivity contribution in [2.45, 2.75) is 19.9 Å². The molecule has 1 saturated heterocycles. The number of halogens is 1. The summed E-state index contributed by atoms with van der Waals surface area (Å²) < 4.78 is 0. The summed E-state index contributed by atoms with van der Waals surface area (Å²) in [5.74, 6) is 0.0434. The first kappa shape index (κ1) is 21.6. The van der Waals surface area contributed by atoms with Gasteiger partial charge in [-0.3, -0.25) is 14.5 Å². The molecule has 7 heteroatoms. The maximum Gasteiger partial charge on any atom is 0.246 e. The van der Waals surface area contributed by atoms with Gasteiger partial charge in [0.15, 0.2) is 0 Å². The zero-order valence-corrected chi connectivity index (χ0v) is 18.3. The second-order valence-corrected chi connectivity index (χ2v) is 8.92. The molecule has 0 aliphatic carbocycles. The second kappa shape index (κ2) is 10.1. The van der Waals surface area contributed by atoms with E-state index in [1.807, 2.05) is 61.2 Å². The van der Waals surface area contributed by atoms with Crippen LogP contribution in [-0.4, -0.2) is 60.4 Å². The zero-order chi connectivity index (χ0) is 20.8. The van der Waals surface area contributed by atoms with Crippen LogP contribution in [0.1, 0.15) is 18.7 Å². The van der Waals surface area contributed by atoms with Crippen LogP contribution in [0.3, 0.4) is 0 Å². The van der Waals surface area contributed by atoms with Gasteiger partial charge in [-0.1, -0.05) is 23.7 Å². The number of thiophene rings is 1. The van der Waals surface area contributed by atoms with E-state index in [4.69, 9.17) is 11.6 Å². The molecule has 1 fully saturated rings. The fraction of sp³-hybridized carbons (Fsp3) is 0.364. The van der Waals surface area contributed by atoms with Crippen LogP contribution in [-0.2, 0) is 9.59 Å². The van der Waals surface area contributed by atoms with Crippen molar-refractivity contribution < 1.29 is 9.59 Å². The Morgan fingerprint density at radius 3 is 2.62 bits per heavy atom. The highest BCUT2D eigenvalue weighted by Crippen LogP contribution is 2.30. The molecule has 1 aliphatic rings. The van der Waals surface area contributed by atoms with Gasteiger partial charge in [-0.05, 0) is 49.8 Å². The van der Waals surface area contributed by atoms with E-state index in [1.54, 1.807) is 17.4 Å². The second-order valence-electron chi connectivity index (χ2n) is 7.37. The Kier molecular flexibility index (Phi) is 7.47. The van der Waals surface area contributed by atoms with E-state index >= 15 is 0 Å². The van der Waals surface area contributed by atoms with Crippen molar-refractivity contribution in [3.8, 4) is 10.4 Å². The number of nitrogens with zero attached hydrogens (tertiary/aromatic N) is 2. The lowest BCUT2D eigenvalue weighted by Gasteiger charge is -2.33. The number of hydrogen-bond acceptors (Lipinski definition) is 4. The van der Waals surface area contributed by atoms with Crippen molar-refractivity contribution >= 4 is 40.8 Å². The van der Waals surface area contributed by atoms with E-state index in [0.717, 1.165) is 15.3 Å². The molecule has 1 aromatic heterocycles. The Hall–Kier alpha value is -2.15. The van der Waals surface area contributed by atoms with Gasteiger partial charge in [0.2, 0.25) is 11.8 Å². The first-order valence-electron chi connectivity index (χ1n) is 9.75. The molecule has 0 saturated carbocycles. The highest BCUT2D eigenvalue weighted by atomic mass is 35.5. The van der Waals surface area contributed by atoms with E-state index < -0.39 is 0 Å². The summed E-state index contributed by atoms with van der Waals surface area (Å²) in [6, 6.07) is 11.9. The fourth-order valence-corrected chi connectivity index (χ4v) is 4.29. The van der Waals surface area contributed by atoms with Gasteiger partial charge in [-0.2, -0.15) is 0 Å². The third-order valence-electron chi connectivity index (χ3n) is 4.63. The Morgan fingerprint density at radius 2 is 1.93 bits per heavy atom. The maximum absolute atomic E-state index is 12.5. The highest BCUT2D eigenvalue weighted by molar-refractivity contribution is 7.16. The number of hydrogen-bond donors (Lipinski definition) is 1. The van der Waals surface area contributed by atoms with Gasteiger partial charge >= 0.3 is 0 Å². The smallest absolute Gasteiger partial charge is 0.246 e. The van der Waals surface area contributed by atoms with Crippen LogP contribution in [0, 0.1) is 0 Å². The molecule has 3 rings (SSSR count). The molecule has 5 nitrogen and oxygen atoms in total. The Labute approximate surface area is 181 Å². The number of rotatable bonds is 6. The van der Waals surface area contributed by atoms with E-state index in [1.165, 1.54) is 0 Å².